The number of nitrogens with zero attached hydrogens (tertiary/aromatic N) is 2. The molecule has 0 radical (unpaired) electrons. The standard InChI is InChI=1S/C18H27N3O3/c1-6-14(19)17(13(2)22)18(23)21(12-11-20(3)4)15-9-7-8-10-16(15)24-5/h7-10H,6,11-12,19H2,1-5H3. The van der Waals surface area contributed by atoms with E-state index in [0.717, 1.165) is 0 Å². The highest BCUT2D eigenvalue weighted by molar-refractivity contribution is 6.24. The average Bonchev–Trinajstić information content (AvgIpc) is 2.54. The van der Waals surface area contributed by atoms with Crippen LogP contribution >= 0.6 is 0 Å². The molecule has 0 aliphatic heterocycles. The number of Topliss-reactive ketones (excluding diaryl/α,β-unsaturated/α-hetero) is 1. The van der Waals surface area contributed by atoms with E-state index in [1.165, 1.54) is 6.92 Å². The fraction of sp³-hybridized carbons (Fsp3) is 0.444. The van der Waals surface area contributed by atoms with Crippen molar-refractivity contribution in [1.82, 2.24) is 4.90 Å². The van der Waals surface area contributed by atoms with E-state index < -0.39 is 5.91 Å². The highest BCUT2D eigenvalue weighted by atomic mass is 16.5. The maximum Gasteiger partial charge on any atom is 0.263 e. The van der Waals surface area contributed by atoms with Gasteiger partial charge in [0.25, 0.3) is 5.91 Å². The average molecular weight is 333 g/mol. The summed E-state index contributed by atoms with van der Waals surface area (Å²) in [7, 11) is 5.40. The van der Waals surface area contributed by atoms with Gasteiger partial charge >= 0.3 is 0 Å². The Kier molecular flexibility index (Phi) is 7.45. The van der Waals surface area contributed by atoms with Crippen molar-refractivity contribution in [3.8, 4) is 5.75 Å². The van der Waals surface area contributed by atoms with Crippen molar-refractivity contribution in [2.24, 2.45) is 5.73 Å². The van der Waals surface area contributed by atoms with E-state index in [9.17, 15) is 9.59 Å². The Hall–Kier alpha value is -2.34. The van der Waals surface area contributed by atoms with Crippen LogP contribution in [0.15, 0.2) is 35.5 Å². The maximum absolute atomic E-state index is 13.1. The quantitative estimate of drug-likeness (QED) is 0.446. The third-order valence-corrected chi connectivity index (χ3v) is 3.66. The second-order valence-corrected chi connectivity index (χ2v) is 5.74. The van der Waals surface area contributed by atoms with Crippen LogP contribution in [0, 0.1) is 0 Å². The molecule has 0 bridgehead atoms. The SMILES string of the molecule is CCC(N)=C(C(C)=O)C(=O)N(CCN(C)C)c1ccccc1OC. The Morgan fingerprint density at radius 3 is 2.29 bits per heavy atom. The van der Waals surface area contributed by atoms with Crippen LogP contribution in [-0.4, -0.2) is 50.9 Å². The lowest BCUT2D eigenvalue weighted by Gasteiger charge is -2.27. The zero-order chi connectivity index (χ0) is 18.3. The van der Waals surface area contributed by atoms with Gasteiger partial charge in [-0.2, -0.15) is 0 Å². The number of para-hydroxylation sites is 2. The third-order valence-electron chi connectivity index (χ3n) is 3.66. The second kappa shape index (κ2) is 9.08. The summed E-state index contributed by atoms with van der Waals surface area (Å²) >= 11 is 0. The van der Waals surface area contributed by atoms with Gasteiger partial charge in [0.2, 0.25) is 0 Å². The van der Waals surface area contributed by atoms with Crippen molar-refractivity contribution in [1.29, 1.82) is 0 Å². The van der Waals surface area contributed by atoms with E-state index >= 15 is 0 Å². The molecule has 132 valence electrons. The first-order valence-corrected chi connectivity index (χ1v) is 7.92. The number of rotatable bonds is 8. The Labute approximate surface area is 143 Å². The minimum atomic E-state index is -0.395. The first kappa shape index (κ1) is 19.7. The minimum absolute atomic E-state index is 0.0437. The Balaban J connectivity index is 3.37. The van der Waals surface area contributed by atoms with E-state index in [4.69, 9.17) is 10.5 Å². The number of likely N-dealkylation sites (N-methyl/N-ethyl adjacent to an activating group) is 1. The van der Waals surface area contributed by atoms with Crippen LogP contribution in [0.1, 0.15) is 20.3 Å². The monoisotopic (exact) mass is 333 g/mol. The number of hydrogen-bond acceptors (Lipinski definition) is 5. The van der Waals surface area contributed by atoms with Gasteiger partial charge < -0.3 is 20.3 Å². The normalized spacial score (nSPS) is 11.9. The van der Waals surface area contributed by atoms with Gasteiger partial charge in [0, 0.05) is 18.8 Å². The molecular weight excluding hydrogens is 306 g/mol. The van der Waals surface area contributed by atoms with Crippen LogP contribution in [0.4, 0.5) is 5.69 Å². The lowest BCUT2D eigenvalue weighted by atomic mass is 10.1. The van der Waals surface area contributed by atoms with Gasteiger partial charge in [-0.3, -0.25) is 9.59 Å². The van der Waals surface area contributed by atoms with Crippen LogP contribution in [0.2, 0.25) is 0 Å². The Morgan fingerprint density at radius 1 is 1.17 bits per heavy atom. The van der Waals surface area contributed by atoms with Gasteiger partial charge in [0.15, 0.2) is 5.78 Å². The molecule has 2 N–H and O–H groups in total. The number of carbonyl (C=O) groups excluding carboxylic acids is 2. The van der Waals surface area contributed by atoms with Crippen molar-refractivity contribution in [3.05, 3.63) is 35.5 Å². The number of benzene rings is 1. The predicted octanol–water partition coefficient (Wildman–Crippen LogP) is 1.80. The largest absolute Gasteiger partial charge is 0.495 e. The first-order valence-electron chi connectivity index (χ1n) is 7.92. The third kappa shape index (κ3) is 4.83. The van der Waals surface area contributed by atoms with Crippen molar-refractivity contribution < 1.29 is 14.3 Å². The zero-order valence-electron chi connectivity index (χ0n) is 15.1. The molecule has 0 atom stereocenters. The molecule has 0 fully saturated rings. The number of amides is 1. The van der Waals surface area contributed by atoms with Gasteiger partial charge in [-0.1, -0.05) is 19.1 Å². The van der Waals surface area contributed by atoms with Crippen molar-refractivity contribution >= 4 is 17.4 Å². The predicted molar refractivity (Wildman–Crippen MR) is 96.1 cm³/mol. The van der Waals surface area contributed by atoms with E-state index in [2.05, 4.69) is 0 Å². The summed E-state index contributed by atoms with van der Waals surface area (Å²) in [5.41, 5.74) is 6.90. The number of allylic oxidation sites excluding steroid dienone is 1. The first-order chi connectivity index (χ1) is 11.3. The molecule has 6 heteroatoms. The maximum atomic E-state index is 13.1. The summed E-state index contributed by atoms with van der Waals surface area (Å²) in [5, 5.41) is 0. The summed E-state index contributed by atoms with van der Waals surface area (Å²) < 4.78 is 5.37. The molecule has 1 aromatic carbocycles. The summed E-state index contributed by atoms with van der Waals surface area (Å²) in [6.07, 6.45) is 0.439. The Morgan fingerprint density at radius 2 is 1.79 bits per heavy atom. The lowest BCUT2D eigenvalue weighted by molar-refractivity contribution is -0.120. The van der Waals surface area contributed by atoms with Gasteiger partial charge in [0.05, 0.1) is 12.8 Å². The topological polar surface area (TPSA) is 75.9 Å². The number of methoxy groups -OCH3 is 1. The molecule has 0 heterocycles. The van der Waals surface area contributed by atoms with Crippen LogP contribution in [0.25, 0.3) is 0 Å². The highest BCUT2D eigenvalue weighted by Crippen LogP contribution is 2.29. The second-order valence-electron chi connectivity index (χ2n) is 5.74. The number of hydrogen-bond donors (Lipinski definition) is 1. The molecule has 0 spiro atoms. The molecule has 6 nitrogen and oxygen atoms in total. The number of anilines is 1. The molecule has 0 aliphatic carbocycles. The summed E-state index contributed by atoms with van der Waals surface area (Å²) in [4.78, 5) is 28.6. The molecule has 0 saturated heterocycles. The summed E-state index contributed by atoms with van der Waals surface area (Å²) in [6, 6.07) is 7.24. The molecule has 0 unspecified atom stereocenters. The molecule has 1 aromatic rings. The minimum Gasteiger partial charge on any atom is -0.495 e. The molecule has 0 aromatic heterocycles. The van der Waals surface area contributed by atoms with Crippen LogP contribution < -0.4 is 15.4 Å². The summed E-state index contributed by atoms with van der Waals surface area (Å²) in [5.74, 6) is -0.153. The zero-order valence-corrected chi connectivity index (χ0v) is 15.1. The van der Waals surface area contributed by atoms with E-state index in [1.807, 2.05) is 38.1 Å². The fourth-order valence-electron chi connectivity index (χ4n) is 2.31. The molecule has 24 heavy (non-hydrogen) atoms. The van der Waals surface area contributed by atoms with Crippen molar-refractivity contribution in [2.45, 2.75) is 20.3 Å². The van der Waals surface area contributed by atoms with E-state index in [0.29, 0.717) is 36.6 Å². The van der Waals surface area contributed by atoms with Crippen molar-refractivity contribution in [3.63, 3.8) is 0 Å². The number of ether oxygens (including phenoxy) is 1. The molecule has 0 saturated carbocycles. The molecule has 1 rings (SSSR count). The molecular formula is C18H27N3O3. The van der Waals surface area contributed by atoms with Crippen LogP contribution in [-0.2, 0) is 9.59 Å². The van der Waals surface area contributed by atoms with Gasteiger partial charge in [-0.05, 0) is 39.6 Å². The van der Waals surface area contributed by atoms with Crippen molar-refractivity contribution in [2.75, 3.05) is 39.2 Å². The fourth-order valence-corrected chi connectivity index (χ4v) is 2.31. The number of carbonyl (C=O) groups is 2. The number of ketones is 1. The summed E-state index contributed by atoms with van der Waals surface area (Å²) in [6.45, 7) is 4.24. The number of nitrogens with two attached hydrogens (primary N) is 1. The van der Waals surface area contributed by atoms with E-state index in [1.54, 1.807) is 24.1 Å². The van der Waals surface area contributed by atoms with Gasteiger partial charge in [0.1, 0.15) is 11.3 Å². The van der Waals surface area contributed by atoms with Crippen LogP contribution in [0.5, 0.6) is 5.75 Å². The van der Waals surface area contributed by atoms with Crippen LogP contribution in [0.3, 0.4) is 0 Å². The van der Waals surface area contributed by atoms with E-state index in [-0.39, 0.29) is 11.4 Å². The van der Waals surface area contributed by atoms with Gasteiger partial charge in [-0.25, -0.2) is 0 Å². The molecule has 0 aliphatic rings. The lowest BCUT2D eigenvalue weighted by Crippen LogP contribution is -2.40. The highest BCUT2D eigenvalue weighted by Gasteiger charge is 2.26. The molecule has 1 amide bonds. The van der Waals surface area contributed by atoms with Gasteiger partial charge in [-0.15, -0.1) is 0 Å². The smallest absolute Gasteiger partial charge is 0.263 e. The Bertz CT molecular complexity index is 624.